The summed E-state index contributed by atoms with van der Waals surface area (Å²) in [6.45, 7) is 2.47. The molecule has 0 bridgehead atoms. The Labute approximate surface area is 97.9 Å². The lowest BCUT2D eigenvalue weighted by atomic mass is 10.3. The van der Waals surface area contributed by atoms with Crippen LogP contribution < -0.4 is 11.1 Å². The van der Waals surface area contributed by atoms with Crippen molar-refractivity contribution in [3.8, 4) is 0 Å². The number of hydrogen-bond donors (Lipinski definition) is 3. The van der Waals surface area contributed by atoms with Crippen molar-refractivity contribution in [2.45, 2.75) is 19.8 Å². The number of nitrogens with zero attached hydrogens (tertiary/aromatic N) is 2. The van der Waals surface area contributed by atoms with Crippen LogP contribution in [0.5, 0.6) is 0 Å². The highest BCUT2D eigenvalue weighted by Crippen LogP contribution is 1.94. The van der Waals surface area contributed by atoms with Gasteiger partial charge in [0.05, 0.1) is 6.61 Å². The van der Waals surface area contributed by atoms with E-state index in [1.54, 1.807) is 6.92 Å². The third-order valence-electron chi connectivity index (χ3n) is 1.87. The first-order valence-electron chi connectivity index (χ1n) is 5.25. The summed E-state index contributed by atoms with van der Waals surface area (Å²) in [7, 11) is 0. The molecule has 1 rings (SSSR count). The number of aromatic amines is 1. The summed E-state index contributed by atoms with van der Waals surface area (Å²) in [5.41, 5.74) is 5.25. The minimum absolute atomic E-state index is 0.0154. The summed E-state index contributed by atoms with van der Waals surface area (Å²) in [6.07, 6.45) is 0.779. The summed E-state index contributed by atoms with van der Waals surface area (Å²) in [6, 6.07) is 0. The van der Waals surface area contributed by atoms with E-state index in [1.165, 1.54) is 0 Å². The van der Waals surface area contributed by atoms with Crippen LogP contribution in [0.4, 0.5) is 5.95 Å². The van der Waals surface area contributed by atoms with Crippen molar-refractivity contribution in [1.82, 2.24) is 20.5 Å². The van der Waals surface area contributed by atoms with Gasteiger partial charge in [-0.2, -0.15) is 4.98 Å². The Kier molecular flexibility index (Phi) is 4.92. The van der Waals surface area contributed by atoms with E-state index >= 15 is 0 Å². The number of hydrogen-bond acceptors (Lipinski definition) is 6. The van der Waals surface area contributed by atoms with Crippen LogP contribution in [0.2, 0.25) is 0 Å². The number of ether oxygens (including phenoxy) is 1. The third kappa shape index (κ3) is 4.49. The Hall–Kier alpha value is -2.12. The molecular formula is C9H15N5O3. The van der Waals surface area contributed by atoms with E-state index in [9.17, 15) is 9.59 Å². The molecule has 1 aromatic heterocycles. The van der Waals surface area contributed by atoms with Crippen LogP contribution >= 0.6 is 0 Å². The van der Waals surface area contributed by atoms with E-state index in [0.29, 0.717) is 19.6 Å². The second kappa shape index (κ2) is 6.46. The van der Waals surface area contributed by atoms with Gasteiger partial charge in [-0.25, -0.2) is 0 Å². The van der Waals surface area contributed by atoms with Crippen LogP contribution in [0.15, 0.2) is 0 Å². The Bertz CT molecular complexity index is 390. The molecule has 0 aliphatic heterocycles. The topological polar surface area (TPSA) is 123 Å². The standard InChI is InChI=1S/C9H15N5O3/c1-2-17-6(15)4-3-5-11-8(16)7-12-9(10)14-13-7/h2-5H2,1H3,(H,11,16)(H3,10,12,13,14). The molecule has 0 aliphatic carbocycles. The van der Waals surface area contributed by atoms with Crippen molar-refractivity contribution in [1.29, 1.82) is 0 Å². The molecule has 0 aromatic carbocycles. The monoisotopic (exact) mass is 241 g/mol. The number of nitrogen functional groups attached to an aromatic ring is 1. The van der Waals surface area contributed by atoms with Gasteiger partial charge in [0, 0.05) is 13.0 Å². The van der Waals surface area contributed by atoms with Crippen LogP contribution in [-0.4, -0.2) is 40.2 Å². The van der Waals surface area contributed by atoms with E-state index in [1.807, 2.05) is 0 Å². The molecule has 17 heavy (non-hydrogen) atoms. The minimum Gasteiger partial charge on any atom is -0.466 e. The van der Waals surface area contributed by atoms with E-state index in [2.05, 4.69) is 20.5 Å². The van der Waals surface area contributed by atoms with Crippen molar-refractivity contribution in [2.75, 3.05) is 18.9 Å². The fraction of sp³-hybridized carbons (Fsp3) is 0.556. The van der Waals surface area contributed by atoms with Gasteiger partial charge < -0.3 is 15.8 Å². The molecule has 0 unspecified atom stereocenters. The molecule has 0 aliphatic rings. The molecule has 1 aromatic rings. The minimum atomic E-state index is -0.405. The summed E-state index contributed by atoms with van der Waals surface area (Å²) < 4.78 is 4.74. The quantitative estimate of drug-likeness (QED) is 0.454. The zero-order valence-corrected chi connectivity index (χ0v) is 9.52. The fourth-order valence-electron chi connectivity index (χ4n) is 1.13. The normalized spacial score (nSPS) is 9.94. The van der Waals surface area contributed by atoms with Crippen LogP contribution in [0.3, 0.4) is 0 Å². The van der Waals surface area contributed by atoms with Gasteiger partial charge in [0.15, 0.2) is 0 Å². The molecule has 0 saturated heterocycles. The SMILES string of the molecule is CCOC(=O)CCCNC(=O)c1nc(N)n[nH]1. The molecule has 8 heteroatoms. The maximum atomic E-state index is 11.4. The molecule has 1 heterocycles. The number of esters is 1. The van der Waals surface area contributed by atoms with Crippen molar-refractivity contribution in [3.63, 3.8) is 0 Å². The lowest BCUT2D eigenvalue weighted by Crippen LogP contribution is -2.26. The van der Waals surface area contributed by atoms with Gasteiger partial charge in [0.2, 0.25) is 11.8 Å². The summed E-state index contributed by atoms with van der Waals surface area (Å²) in [5, 5.41) is 8.48. The average molecular weight is 241 g/mol. The van der Waals surface area contributed by atoms with Crippen LogP contribution in [0, 0.1) is 0 Å². The maximum absolute atomic E-state index is 11.4. The van der Waals surface area contributed by atoms with Crippen molar-refractivity contribution >= 4 is 17.8 Å². The highest BCUT2D eigenvalue weighted by Gasteiger charge is 2.09. The number of aromatic nitrogens is 3. The van der Waals surface area contributed by atoms with Crippen LogP contribution in [0.1, 0.15) is 30.4 Å². The smallest absolute Gasteiger partial charge is 0.305 e. The molecule has 0 atom stereocenters. The summed E-state index contributed by atoms with van der Waals surface area (Å²) >= 11 is 0. The first-order chi connectivity index (χ1) is 8.13. The number of nitrogens with two attached hydrogens (primary N) is 1. The number of carbonyl (C=O) groups is 2. The van der Waals surface area contributed by atoms with Gasteiger partial charge >= 0.3 is 5.97 Å². The maximum Gasteiger partial charge on any atom is 0.305 e. The van der Waals surface area contributed by atoms with Crippen LogP contribution in [0.25, 0.3) is 0 Å². The van der Waals surface area contributed by atoms with E-state index in [0.717, 1.165) is 0 Å². The zero-order chi connectivity index (χ0) is 12.7. The first kappa shape index (κ1) is 12.9. The van der Waals surface area contributed by atoms with Gasteiger partial charge in [-0.3, -0.25) is 14.7 Å². The van der Waals surface area contributed by atoms with Gasteiger partial charge in [-0.05, 0) is 13.3 Å². The highest BCUT2D eigenvalue weighted by atomic mass is 16.5. The summed E-state index contributed by atoms with van der Waals surface area (Å²) in [4.78, 5) is 26.1. The molecular weight excluding hydrogens is 226 g/mol. The van der Waals surface area contributed by atoms with Crippen molar-refractivity contribution in [3.05, 3.63) is 5.82 Å². The number of H-pyrrole nitrogens is 1. The predicted molar refractivity (Wildman–Crippen MR) is 59.0 cm³/mol. The Morgan fingerprint density at radius 2 is 2.29 bits per heavy atom. The molecule has 0 radical (unpaired) electrons. The predicted octanol–water partition coefficient (Wildman–Crippen LogP) is -0.540. The van der Waals surface area contributed by atoms with E-state index < -0.39 is 5.91 Å². The Balaban J connectivity index is 2.19. The molecule has 0 spiro atoms. The van der Waals surface area contributed by atoms with Crippen molar-refractivity contribution in [2.24, 2.45) is 0 Å². The molecule has 94 valence electrons. The largest absolute Gasteiger partial charge is 0.466 e. The third-order valence-corrected chi connectivity index (χ3v) is 1.87. The van der Waals surface area contributed by atoms with Gasteiger partial charge in [-0.15, -0.1) is 5.10 Å². The second-order valence-electron chi connectivity index (χ2n) is 3.21. The molecule has 0 fully saturated rings. The van der Waals surface area contributed by atoms with E-state index in [-0.39, 0.29) is 24.2 Å². The van der Waals surface area contributed by atoms with Gasteiger partial charge in [0.1, 0.15) is 0 Å². The van der Waals surface area contributed by atoms with Crippen LogP contribution in [-0.2, 0) is 9.53 Å². The molecule has 1 amide bonds. The van der Waals surface area contributed by atoms with Gasteiger partial charge in [-0.1, -0.05) is 0 Å². The number of nitrogens with one attached hydrogen (secondary N) is 2. The molecule has 0 saturated carbocycles. The number of anilines is 1. The Morgan fingerprint density at radius 1 is 1.53 bits per heavy atom. The lowest BCUT2D eigenvalue weighted by Gasteiger charge is -2.02. The first-order valence-corrected chi connectivity index (χ1v) is 5.25. The van der Waals surface area contributed by atoms with Crippen molar-refractivity contribution < 1.29 is 14.3 Å². The lowest BCUT2D eigenvalue weighted by molar-refractivity contribution is -0.143. The van der Waals surface area contributed by atoms with E-state index in [4.69, 9.17) is 10.5 Å². The van der Waals surface area contributed by atoms with Gasteiger partial charge in [0.25, 0.3) is 5.91 Å². The summed E-state index contributed by atoms with van der Waals surface area (Å²) in [5.74, 6) is -0.607. The number of rotatable bonds is 6. The number of amides is 1. The number of carbonyl (C=O) groups excluding carboxylic acids is 2. The second-order valence-corrected chi connectivity index (χ2v) is 3.21. The average Bonchev–Trinajstić information content (AvgIpc) is 2.71. The zero-order valence-electron chi connectivity index (χ0n) is 9.52. The highest BCUT2D eigenvalue weighted by molar-refractivity contribution is 5.90. The Morgan fingerprint density at radius 3 is 2.88 bits per heavy atom. The molecule has 4 N–H and O–H groups in total. The fourth-order valence-corrected chi connectivity index (χ4v) is 1.13. The molecule has 8 nitrogen and oxygen atoms in total.